The van der Waals surface area contributed by atoms with Gasteiger partial charge in [-0.2, -0.15) is 0 Å². The molecule has 2 aliphatic heterocycles. The predicted octanol–water partition coefficient (Wildman–Crippen LogP) is 4.00. The molecule has 2 amide bonds. The van der Waals surface area contributed by atoms with Gasteiger partial charge in [0.25, 0.3) is 0 Å². The number of nitrogens with one attached hydrogen (secondary N) is 2. The van der Waals surface area contributed by atoms with Gasteiger partial charge >= 0.3 is 0 Å². The molecule has 196 valence electrons. The van der Waals surface area contributed by atoms with E-state index in [9.17, 15) is 18.4 Å². The predicted molar refractivity (Wildman–Crippen MR) is 133 cm³/mol. The molecule has 2 N–H and O–H groups in total. The summed E-state index contributed by atoms with van der Waals surface area (Å²) in [5.41, 5.74) is -0.220. The fourth-order valence-corrected chi connectivity index (χ4v) is 5.10. The van der Waals surface area contributed by atoms with Crippen LogP contribution in [0.4, 0.5) is 14.5 Å². The quantitative estimate of drug-likeness (QED) is 0.633. The molecule has 1 aromatic heterocycles. The molecule has 2 fully saturated rings. The molecule has 3 heterocycles. The highest BCUT2D eigenvalue weighted by Crippen LogP contribution is 2.44. The smallest absolute Gasteiger partial charge is 0.231 e. The molecule has 1 aromatic carbocycles. The van der Waals surface area contributed by atoms with Gasteiger partial charge in [-0.3, -0.25) is 19.5 Å². The average molecular weight is 512 g/mol. The zero-order valence-electron chi connectivity index (χ0n) is 21.3. The largest absolute Gasteiger partial charge is 0.484 e. The Kier molecular flexibility index (Phi) is 6.16. The SMILES string of the molecule is CC1(C)CC(=O)N(CC2C[C@H]2C(=O)NC2CC(C)(C)Oc3c(F)cc(F)cc32)/C(=N\c2ccncc2)N1. The number of rotatable bonds is 5. The Morgan fingerprint density at radius 3 is 2.70 bits per heavy atom. The van der Waals surface area contributed by atoms with Gasteiger partial charge in [-0.15, -0.1) is 0 Å². The summed E-state index contributed by atoms with van der Waals surface area (Å²) in [4.78, 5) is 36.5. The molecule has 2 unspecified atom stereocenters. The van der Waals surface area contributed by atoms with Crippen LogP contribution in [0, 0.1) is 23.5 Å². The maximum Gasteiger partial charge on any atom is 0.231 e. The van der Waals surface area contributed by atoms with Crippen molar-refractivity contribution in [1.82, 2.24) is 20.5 Å². The van der Waals surface area contributed by atoms with Gasteiger partial charge in [-0.05, 0) is 58.2 Å². The van der Waals surface area contributed by atoms with Gasteiger partial charge < -0.3 is 15.4 Å². The van der Waals surface area contributed by atoms with E-state index in [0.29, 0.717) is 43.0 Å². The van der Waals surface area contributed by atoms with E-state index in [2.05, 4.69) is 20.6 Å². The second-order valence-corrected chi connectivity index (χ2v) is 11.4. The number of ether oxygens (including phenoxy) is 1. The molecular formula is C27H31F2N5O3. The highest BCUT2D eigenvalue weighted by atomic mass is 19.1. The van der Waals surface area contributed by atoms with Crippen molar-refractivity contribution in [1.29, 1.82) is 0 Å². The van der Waals surface area contributed by atoms with Crippen LogP contribution in [0.1, 0.15) is 58.6 Å². The van der Waals surface area contributed by atoms with Crippen molar-refractivity contribution >= 4 is 23.5 Å². The molecule has 1 saturated carbocycles. The zero-order chi connectivity index (χ0) is 26.5. The third-order valence-electron chi connectivity index (χ3n) is 6.98. The summed E-state index contributed by atoms with van der Waals surface area (Å²) in [6.07, 6.45) is 4.55. The number of guanidine groups is 1. The van der Waals surface area contributed by atoms with Crippen molar-refractivity contribution < 1.29 is 23.1 Å². The van der Waals surface area contributed by atoms with Gasteiger partial charge in [0.05, 0.1) is 11.7 Å². The van der Waals surface area contributed by atoms with E-state index >= 15 is 0 Å². The zero-order valence-corrected chi connectivity index (χ0v) is 21.3. The fourth-order valence-electron chi connectivity index (χ4n) is 5.10. The van der Waals surface area contributed by atoms with E-state index < -0.39 is 28.8 Å². The van der Waals surface area contributed by atoms with Crippen molar-refractivity contribution in [3.05, 3.63) is 53.9 Å². The topological polar surface area (TPSA) is 95.9 Å². The fraction of sp³-hybridized carbons (Fsp3) is 0.481. The summed E-state index contributed by atoms with van der Waals surface area (Å²) in [5.74, 6) is -1.70. The minimum Gasteiger partial charge on any atom is -0.484 e. The highest BCUT2D eigenvalue weighted by molar-refractivity contribution is 6.01. The van der Waals surface area contributed by atoms with E-state index in [-0.39, 0.29) is 29.4 Å². The third kappa shape index (κ3) is 5.42. The minimum atomic E-state index is -0.786. The molecular weight excluding hydrogens is 480 g/mol. The first-order chi connectivity index (χ1) is 17.4. The number of amides is 2. The van der Waals surface area contributed by atoms with E-state index in [4.69, 9.17) is 4.74 Å². The number of aromatic nitrogens is 1. The summed E-state index contributed by atoms with van der Waals surface area (Å²) in [5, 5.41) is 6.33. The third-order valence-corrected chi connectivity index (χ3v) is 6.98. The summed E-state index contributed by atoms with van der Waals surface area (Å²) in [6.45, 7) is 7.84. The lowest BCUT2D eigenvalue weighted by Gasteiger charge is -2.39. The molecule has 8 nitrogen and oxygen atoms in total. The molecule has 2 aromatic rings. The minimum absolute atomic E-state index is 0.0279. The normalized spacial score (nSPS) is 26.6. The lowest BCUT2D eigenvalue weighted by Crippen LogP contribution is -2.60. The molecule has 1 aliphatic carbocycles. The molecule has 1 saturated heterocycles. The van der Waals surface area contributed by atoms with E-state index in [1.165, 1.54) is 6.07 Å². The van der Waals surface area contributed by atoms with E-state index in [0.717, 1.165) is 6.07 Å². The second-order valence-electron chi connectivity index (χ2n) is 11.4. The number of hydrogen-bond donors (Lipinski definition) is 2. The van der Waals surface area contributed by atoms with E-state index in [1.807, 2.05) is 13.8 Å². The van der Waals surface area contributed by atoms with Crippen LogP contribution >= 0.6 is 0 Å². The van der Waals surface area contributed by atoms with Crippen LogP contribution in [-0.4, -0.2) is 45.3 Å². The molecule has 0 bridgehead atoms. The maximum atomic E-state index is 14.4. The molecule has 0 spiro atoms. The first-order valence-electron chi connectivity index (χ1n) is 12.5. The lowest BCUT2D eigenvalue weighted by molar-refractivity contribution is -0.131. The van der Waals surface area contributed by atoms with Crippen LogP contribution in [0.2, 0.25) is 0 Å². The first kappa shape index (κ1) is 25.1. The lowest BCUT2D eigenvalue weighted by atomic mass is 9.89. The number of carbonyl (C=O) groups excluding carboxylic acids is 2. The van der Waals surface area contributed by atoms with Crippen molar-refractivity contribution in [2.45, 2.75) is 64.1 Å². The summed E-state index contributed by atoms with van der Waals surface area (Å²) < 4.78 is 34.1. The van der Waals surface area contributed by atoms with Gasteiger partial charge in [0.2, 0.25) is 17.8 Å². The van der Waals surface area contributed by atoms with Crippen molar-refractivity contribution in [3.8, 4) is 5.75 Å². The number of pyridine rings is 1. The Morgan fingerprint density at radius 2 is 1.97 bits per heavy atom. The van der Waals surface area contributed by atoms with Crippen molar-refractivity contribution in [2.75, 3.05) is 6.54 Å². The number of carbonyl (C=O) groups is 2. The number of nitrogens with zero attached hydrogens (tertiary/aromatic N) is 3. The van der Waals surface area contributed by atoms with Crippen LogP contribution in [0.25, 0.3) is 0 Å². The summed E-state index contributed by atoms with van der Waals surface area (Å²) >= 11 is 0. The number of aliphatic imine (C=N–C) groups is 1. The number of benzene rings is 1. The molecule has 37 heavy (non-hydrogen) atoms. The molecule has 10 heteroatoms. The van der Waals surface area contributed by atoms with Gasteiger partial charge in [-0.25, -0.2) is 13.8 Å². The molecule has 3 atom stereocenters. The van der Waals surface area contributed by atoms with Gasteiger partial charge in [-0.1, -0.05) is 0 Å². The Morgan fingerprint density at radius 1 is 1.24 bits per heavy atom. The van der Waals surface area contributed by atoms with E-state index in [1.54, 1.807) is 43.3 Å². The average Bonchev–Trinajstić information content (AvgIpc) is 3.56. The Labute approximate surface area is 214 Å². The number of halogens is 2. The summed E-state index contributed by atoms with van der Waals surface area (Å²) in [7, 11) is 0. The van der Waals surface area contributed by atoms with Crippen LogP contribution in [0.5, 0.6) is 5.75 Å². The van der Waals surface area contributed by atoms with Crippen molar-refractivity contribution in [3.63, 3.8) is 0 Å². The highest BCUT2D eigenvalue weighted by Gasteiger charge is 2.48. The monoisotopic (exact) mass is 511 g/mol. The second kappa shape index (κ2) is 9.08. The van der Waals surface area contributed by atoms with Crippen LogP contribution in [-0.2, 0) is 9.59 Å². The number of hydrogen-bond acceptors (Lipinski definition) is 5. The van der Waals surface area contributed by atoms with Crippen LogP contribution < -0.4 is 15.4 Å². The number of fused-ring (bicyclic) bond motifs is 1. The molecule has 3 aliphatic rings. The maximum absolute atomic E-state index is 14.4. The van der Waals surface area contributed by atoms with Crippen LogP contribution in [0.15, 0.2) is 41.7 Å². The van der Waals surface area contributed by atoms with Crippen LogP contribution in [0.3, 0.4) is 0 Å². The van der Waals surface area contributed by atoms with Gasteiger partial charge in [0.1, 0.15) is 11.4 Å². The summed E-state index contributed by atoms with van der Waals surface area (Å²) in [6, 6.07) is 4.92. The standard InChI is InChI=1S/C27H31F2N5O3/c1-26(2)13-22(35)34(25(33-26)31-17-5-7-30-8-6-17)14-15-9-18(15)24(36)32-21-12-27(3,4)37-23-19(21)10-16(28)11-20(23)29/h5-8,10-11,15,18,21H,9,12-14H2,1-4H3,(H,32,36)(H,30,31,33)/t15?,18-,21?/m1/s1. The first-order valence-corrected chi connectivity index (χ1v) is 12.5. The molecule has 0 radical (unpaired) electrons. The Hall–Kier alpha value is -3.56. The Balaban J connectivity index is 1.30. The Bertz CT molecular complexity index is 1260. The van der Waals surface area contributed by atoms with Crippen molar-refractivity contribution in [2.24, 2.45) is 16.8 Å². The van der Waals surface area contributed by atoms with Gasteiger partial charge in [0, 0.05) is 54.9 Å². The molecule has 5 rings (SSSR count). The van der Waals surface area contributed by atoms with Gasteiger partial charge in [0.15, 0.2) is 11.6 Å².